The summed E-state index contributed by atoms with van der Waals surface area (Å²) < 4.78 is 7.06. The number of rotatable bonds is 9. The van der Waals surface area contributed by atoms with Crippen LogP contribution in [0.15, 0.2) is 28.7 Å². The number of nitrogens with one attached hydrogen (secondary N) is 1. The van der Waals surface area contributed by atoms with Crippen molar-refractivity contribution in [2.24, 2.45) is 11.8 Å². The van der Waals surface area contributed by atoms with Gasteiger partial charge in [-0.15, -0.1) is 0 Å². The lowest BCUT2D eigenvalue weighted by Crippen LogP contribution is -2.32. The Hall–Kier alpha value is -0.380. The van der Waals surface area contributed by atoms with Crippen molar-refractivity contribution in [3.05, 3.63) is 34.3 Å². The van der Waals surface area contributed by atoms with Crippen LogP contribution in [0, 0.1) is 11.8 Å². The third-order valence-corrected chi connectivity index (χ3v) is 4.13. The van der Waals surface area contributed by atoms with Crippen molar-refractivity contribution < 1.29 is 4.74 Å². The third kappa shape index (κ3) is 6.38. The standard InChI is InChI=1S/C17H26BrNO/c1-13(2)19-10-16(12-20-11-14-6-7-14)8-15-4-3-5-17(18)9-15/h3-5,9,13-14,16,19H,6-8,10-12H2,1-2H3. The molecule has 0 saturated heterocycles. The number of halogens is 1. The van der Waals surface area contributed by atoms with Gasteiger partial charge in [0.1, 0.15) is 0 Å². The Kier molecular flexibility index (Phi) is 6.53. The van der Waals surface area contributed by atoms with Crippen LogP contribution >= 0.6 is 15.9 Å². The topological polar surface area (TPSA) is 21.3 Å². The van der Waals surface area contributed by atoms with Crippen LogP contribution in [-0.4, -0.2) is 25.8 Å². The van der Waals surface area contributed by atoms with Crippen molar-refractivity contribution in [2.45, 2.75) is 39.2 Å². The van der Waals surface area contributed by atoms with Gasteiger partial charge in [-0.2, -0.15) is 0 Å². The van der Waals surface area contributed by atoms with E-state index in [-0.39, 0.29) is 0 Å². The highest BCUT2D eigenvalue weighted by Gasteiger charge is 2.22. The van der Waals surface area contributed by atoms with Crippen LogP contribution in [-0.2, 0) is 11.2 Å². The minimum absolute atomic E-state index is 0.531. The lowest BCUT2D eigenvalue weighted by molar-refractivity contribution is 0.0900. The quantitative estimate of drug-likeness (QED) is 0.733. The molecule has 1 unspecified atom stereocenters. The van der Waals surface area contributed by atoms with Gasteiger partial charge in [0.15, 0.2) is 0 Å². The molecule has 0 radical (unpaired) electrons. The molecule has 112 valence electrons. The highest BCUT2D eigenvalue weighted by molar-refractivity contribution is 9.10. The van der Waals surface area contributed by atoms with Crippen molar-refractivity contribution in [3.8, 4) is 0 Å². The first-order chi connectivity index (χ1) is 9.63. The fourth-order valence-corrected chi connectivity index (χ4v) is 2.72. The Bertz CT molecular complexity index is 404. The molecule has 1 aliphatic rings. The minimum Gasteiger partial charge on any atom is -0.381 e. The van der Waals surface area contributed by atoms with E-state index in [0.717, 1.165) is 36.6 Å². The van der Waals surface area contributed by atoms with Gasteiger partial charge < -0.3 is 10.1 Å². The van der Waals surface area contributed by atoms with Gasteiger partial charge in [-0.3, -0.25) is 0 Å². The molecule has 1 atom stereocenters. The zero-order valence-corrected chi connectivity index (χ0v) is 14.2. The summed E-state index contributed by atoms with van der Waals surface area (Å²) in [6, 6.07) is 9.13. The molecule has 1 fully saturated rings. The Morgan fingerprint density at radius 3 is 2.80 bits per heavy atom. The highest BCUT2D eigenvalue weighted by Crippen LogP contribution is 2.29. The summed E-state index contributed by atoms with van der Waals surface area (Å²) in [7, 11) is 0. The number of hydrogen-bond acceptors (Lipinski definition) is 2. The van der Waals surface area contributed by atoms with Crippen molar-refractivity contribution in [1.29, 1.82) is 0 Å². The monoisotopic (exact) mass is 339 g/mol. The first kappa shape index (κ1) is 16.0. The molecule has 0 heterocycles. The van der Waals surface area contributed by atoms with Crippen LogP contribution in [0.4, 0.5) is 0 Å². The van der Waals surface area contributed by atoms with Crippen LogP contribution in [0.3, 0.4) is 0 Å². The average Bonchev–Trinajstić information content (AvgIpc) is 3.20. The predicted molar refractivity (Wildman–Crippen MR) is 88.0 cm³/mol. The summed E-state index contributed by atoms with van der Waals surface area (Å²) in [6.07, 6.45) is 3.80. The van der Waals surface area contributed by atoms with E-state index in [1.807, 2.05) is 0 Å². The Morgan fingerprint density at radius 2 is 2.15 bits per heavy atom. The zero-order valence-electron chi connectivity index (χ0n) is 12.6. The number of ether oxygens (including phenoxy) is 1. The maximum atomic E-state index is 5.90. The van der Waals surface area contributed by atoms with Crippen molar-refractivity contribution in [2.75, 3.05) is 19.8 Å². The largest absolute Gasteiger partial charge is 0.381 e. The summed E-state index contributed by atoms with van der Waals surface area (Å²) in [4.78, 5) is 0. The molecule has 20 heavy (non-hydrogen) atoms. The molecule has 0 bridgehead atoms. The van der Waals surface area contributed by atoms with E-state index < -0.39 is 0 Å². The molecule has 1 aromatic carbocycles. The lowest BCUT2D eigenvalue weighted by Gasteiger charge is -2.19. The molecule has 1 aromatic rings. The summed E-state index contributed by atoms with van der Waals surface area (Å²) in [6.45, 7) is 7.23. The van der Waals surface area contributed by atoms with Gasteiger partial charge in [0, 0.05) is 23.7 Å². The fourth-order valence-electron chi connectivity index (χ4n) is 2.28. The van der Waals surface area contributed by atoms with E-state index in [1.54, 1.807) is 0 Å². The summed E-state index contributed by atoms with van der Waals surface area (Å²) in [5, 5.41) is 3.54. The minimum atomic E-state index is 0.531. The van der Waals surface area contributed by atoms with Gasteiger partial charge in [0.05, 0.1) is 6.61 Å². The van der Waals surface area contributed by atoms with Gasteiger partial charge in [-0.1, -0.05) is 41.9 Å². The summed E-state index contributed by atoms with van der Waals surface area (Å²) in [5.41, 5.74) is 1.38. The van der Waals surface area contributed by atoms with E-state index in [1.165, 1.54) is 18.4 Å². The maximum Gasteiger partial charge on any atom is 0.0509 e. The van der Waals surface area contributed by atoms with Gasteiger partial charge in [-0.25, -0.2) is 0 Å². The number of hydrogen-bond donors (Lipinski definition) is 1. The maximum absolute atomic E-state index is 5.90. The SMILES string of the molecule is CC(C)NCC(COCC1CC1)Cc1cccc(Br)c1. The normalized spacial score (nSPS) is 16.6. The lowest BCUT2D eigenvalue weighted by atomic mass is 10.00. The molecule has 2 rings (SSSR count). The smallest absolute Gasteiger partial charge is 0.0509 e. The van der Waals surface area contributed by atoms with E-state index >= 15 is 0 Å². The van der Waals surface area contributed by atoms with Crippen LogP contribution in [0.2, 0.25) is 0 Å². The van der Waals surface area contributed by atoms with Crippen LogP contribution in [0.25, 0.3) is 0 Å². The second-order valence-corrected chi connectivity index (χ2v) is 7.16. The van der Waals surface area contributed by atoms with Gasteiger partial charge in [0.25, 0.3) is 0 Å². The van der Waals surface area contributed by atoms with E-state index in [2.05, 4.69) is 59.4 Å². The summed E-state index contributed by atoms with van der Waals surface area (Å²) >= 11 is 3.55. The molecule has 1 saturated carbocycles. The summed E-state index contributed by atoms with van der Waals surface area (Å²) in [5.74, 6) is 1.39. The van der Waals surface area contributed by atoms with E-state index in [9.17, 15) is 0 Å². The van der Waals surface area contributed by atoms with Crippen LogP contribution in [0.5, 0.6) is 0 Å². The molecule has 0 spiro atoms. The Labute approximate surface area is 131 Å². The van der Waals surface area contributed by atoms with E-state index in [0.29, 0.717) is 12.0 Å². The molecular formula is C17H26BrNO. The first-order valence-electron chi connectivity index (χ1n) is 7.69. The zero-order chi connectivity index (χ0) is 14.4. The van der Waals surface area contributed by atoms with Gasteiger partial charge >= 0.3 is 0 Å². The third-order valence-electron chi connectivity index (χ3n) is 3.63. The van der Waals surface area contributed by atoms with Gasteiger partial charge in [-0.05, 0) is 48.8 Å². The van der Waals surface area contributed by atoms with Crippen molar-refractivity contribution in [3.63, 3.8) is 0 Å². The first-order valence-corrected chi connectivity index (χ1v) is 8.48. The molecule has 1 N–H and O–H groups in total. The molecule has 1 aliphatic carbocycles. The molecule has 0 aliphatic heterocycles. The second kappa shape index (κ2) is 8.16. The second-order valence-electron chi connectivity index (χ2n) is 6.24. The molecule has 2 nitrogen and oxygen atoms in total. The predicted octanol–water partition coefficient (Wildman–Crippen LogP) is 4.03. The number of benzene rings is 1. The van der Waals surface area contributed by atoms with Crippen LogP contribution in [0.1, 0.15) is 32.3 Å². The molecule has 0 aromatic heterocycles. The van der Waals surface area contributed by atoms with E-state index in [4.69, 9.17) is 4.74 Å². The van der Waals surface area contributed by atoms with Crippen molar-refractivity contribution >= 4 is 15.9 Å². The average molecular weight is 340 g/mol. The van der Waals surface area contributed by atoms with Gasteiger partial charge in [0.2, 0.25) is 0 Å². The van der Waals surface area contributed by atoms with Crippen LogP contribution < -0.4 is 5.32 Å². The van der Waals surface area contributed by atoms with Crippen molar-refractivity contribution in [1.82, 2.24) is 5.32 Å². The molecule has 0 amide bonds. The Morgan fingerprint density at radius 1 is 1.35 bits per heavy atom. The molecule has 3 heteroatoms. The molecular weight excluding hydrogens is 314 g/mol. The fraction of sp³-hybridized carbons (Fsp3) is 0.647. The Balaban J connectivity index is 1.82. The highest BCUT2D eigenvalue weighted by atomic mass is 79.9.